The van der Waals surface area contributed by atoms with Gasteiger partial charge in [-0.1, -0.05) is 32.6 Å². The van der Waals surface area contributed by atoms with Gasteiger partial charge in [-0.3, -0.25) is 0 Å². The summed E-state index contributed by atoms with van der Waals surface area (Å²) in [5.74, 6) is 1.67. The second-order valence-electron chi connectivity index (χ2n) is 5.39. The fourth-order valence-corrected chi connectivity index (χ4v) is 4.57. The molecule has 0 aliphatic heterocycles. The number of hydrogen-bond acceptors (Lipinski definition) is 1. The highest BCUT2D eigenvalue weighted by molar-refractivity contribution is 7.09. The lowest BCUT2D eigenvalue weighted by Gasteiger charge is -2.42. The predicted molar refractivity (Wildman–Crippen MR) is 67.7 cm³/mol. The summed E-state index contributed by atoms with van der Waals surface area (Å²) in [5.41, 5.74) is 0.206. The minimum Gasteiger partial charge on any atom is -0.359 e. The molecule has 88 valence electrons. The van der Waals surface area contributed by atoms with Gasteiger partial charge >= 0.3 is 0 Å². The first-order chi connectivity index (χ1) is 7.33. The van der Waals surface area contributed by atoms with E-state index in [0.717, 1.165) is 11.8 Å². The summed E-state index contributed by atoms with van der Waals surface area (Å²) >= 11 is 0. The van der Waals surface area contributed by atoms with Crippen molar-refractivity contribution in [1.82, 2.24) is 0 Å². The van der Waals surface area contributed by atoms with Crippen molar-refractivity contribution in [2.45, 2.75) is 70.3 Å². The van der Waals surface area contributed by atoms with Gasteiger partial charge in [0.25, 0.3) is 0 Å². The summed E-state index contributed by atoms with van der Waals surface area (Å²) in [6.07, 6.45) is 12.5. The lowest BCUT2D eigenvalue weighted by molar-refractivity contribution is -0.0307. The fraction of sp³-hybridized carbons (Fsp3) is 1.00. The van der Waals surface area contributed by atoms with Crippen molar-refractivity contribution in [3.8, 4) is 0 Å². The van der Waals surface area contributed by atoms with Crippen LogP contribution in [0.5, 0.6) is 0 Å². The average molecular weight is 228 g/mol. The SMILES string of the molecule is CCC(OP)(C1CCCC1)C1CCCC1. The van der Waals surface area contributed by atoms with Gasteiger partial charge in [-0.2, -0.15) is 0 Å². The van der Waals surface area contributed by atoms with Gasteiger partial charge in [-0.15, -0.1) is 0 Å². The molecule has 0 radical (unpaired) electrons. The zero-order chi connectivity index (χ0) is 10.7. The molecule has 1 atom stereocenters. The molecule has 2 fully saturated rings. The van der Waals surface area contributed by atoms with E-state index in [1.807, 2.05) is 0 Å². The zero-order valence-corrected chi connectivity index (χ0v) is 11.2. The van der Waals surface area contributed by atoms with Gasteiger partial charge in [0.05, 0.1) is 5.60 Å². The highest BCUT2D eigenvalue weighted by Gasteiger charge is 2.45. The molecule has 2 saturated carbocycles. The molecule has 0 amide bonds. The maximum absolute atomic E-state index is 5.97. The molecule has 1 unspecified atom stereocenters. The summed E-state index contributed by atoms with van der Waals surface area (Å²) in [6, 6.07) is 0. The van der Waals surface area contributed by atoms with Crippen LogP contribution < -0.4 is 0 Å². The second-order valence-corrected chi connectivity index (χ2v) is 5.62. The van der Waals surface area contributed by atoms with Crippen LogP contribution >= 0.6 is 9.47 Å². The van der Waals surface area contributed by atoms with Crippen molar-refractivity contribution >= 4 is 9.47 Å². The van der Waals surface area contributed by atoms with Crippen LogP contribution in [-0.4, -0.2) is 5.60 Å². The quantitative estimate of drug-likeness (QED) is 0.651. The summed E-state index contributed by atoms with van der Waals surface area (Å²) in [7, 11) is 2.58. The van der Waals surface area contributed by atoms with Crippen molar-refractivity contribution in [3.63, 3.8) is 0 Å². The molecule has 1 nitrogen and oxygen atoms in total. The van der Waals surface area contributed by atoms with Gasteiger partial charge in [-0.05, 0) is 43.9 Å². The van der Waals surface area contributed by atoms with Gasteiger partial charge in [0, 0.05) is 9.47 Å². The summed E-state index contributed by atoms with van der Waals surface area (Å²) in [6.45, 7) is 2.32. The molecule has 15 heavy (non-hydrogen) atoms. The van der Waals surface area contributed by atoms with Gasteiger partial charge in [0.1, 0.15) is 0 Å². The smallest absolute Gasteiger partial charge is 0.0771 e. The normalized spacial score (nSPS) is 25.2. The van der Waals surface area contributed by atoms with Crippen LogP contribution in [0.15, 0.2) is 0 Å². The monoisotopic (exact) mass is 228 g/mol. The van der Waals surface area contributed by atoms with Crippen LogP contribution in [0.3, 0.4) is 0 Å². The van der Waals surface area contributed by atoms with Gasteiger partial charge in [-0.25, -0.2) is 0 Å². The molecule has 0 bridgehead atoms. The van der Waals surface area contributed by atoms with Crippen LogP contribution in [0.2, 0.25) is 0 Å². The predicted octanol–water partition coefficient (Wildman–Crippen LogP) is 4.32. The second kappa shape index (κ2) is 5.15. The lowest BCUT2D eigenvalue weighted by atomic mass is 9.73. The standard InChI is InChI=1S/C13H25OP/c1-2-13(14-15,11-7-3-4-8-11)12-9-5-6-10-12/h11-12H,2-10,15H2,1H3. The summed E-state index contributed by atoms with van der Waals surface area (Å²) in [5, 5.41) is 0. The van der Waals surface area contributed by atoms with E-state index in [2.05, 4.69) is 16.4 Å². The third kappa shape index (κ3) is 2.11. The van der Waals surface area contributed by atoms with E-state index in [-0.39, 0.29) is 5.60 Å². The van der Waals surface area contributed by atoms with Crippen LogP contribution in [0.1, 0.15) is 64.7 Å². The molecular weight excluding hydrogens is 203 g/mol. The molecule has 2 rings (SSSR count). The minimum absolute atomic E-state index is 0.206. The Morgan fingerprint density at radius 3 is 1.67 bits per heavy atom. The minimum atomic E-state index is 0.206. The van der Waals surface area contributed by atoms with E-state index in [4.69, 9.17) is 4.52 Å². The van der Waals surface area contributed by atoms with E-state index in [0.29, 0.717) is 0 Å². The largest absolute Gasteiger partial charge is 0.359 e. The molecule has 0 heterocycles. The Balaban J connectivity index is 2.13. The van der Waals surface area contributed by atoms with Crippen LogP contribution in [0.25, 0.3) is 0 Å². The summed E-state index contributed by atoms with van der Waals surface area (Å²) in [4.78, 5) is 0. The van der Waals surface area contributed by atoms with Crippen LogP contribution in [0, 0.1) is 11.8 Å². The van der Waals surface area contributed by atoms with E-state index in [1.54, 1.807) is 0 Å². The third-order valence-corrected chi connectivity index (χ3v) is 5.30. The molecule has 2 aliphatic rings. The average Bonchev–Trinajstić information content (AvgIpc) is 2.92. The molecule has 2 heteroatoms. The maximum atomic E-state index is 5.97. The van der Waals surface area contributed by atoms with E-state index >= 15 is 0 Å². The number of hydrogen-bond donors (Lipinski definition) is 0. The van der Waals surface area contributed by atoms with Crippen molar-refractivity contribution in [2.75, 3.05) is 0 Å². The van der Waals surface area contributed by atoms with Crippen LogP contribution in [0.4, 0.5) is 0 Å². The molecular formula is C13H25OP. The first-order valence-electron chi connectivity index (χ1n) is 6.71. The molecule has 0 N–H and O–H groups in total. The molecule has 2 aliphatic carbocycles. The Morgan fingerprint density at radius 1 is 1.00 bits per heavy atom. The lowest BCUT2D eigenvalue weighted by Crippen LogP contribution is -2.43. The Labute approximate surface area is 96.6 Å². The Bertz CT molecular complexity index is 171. The molecule has 0 aromatic rings. The first kappa shape index (κ1) is 11.9. The topological polar surface area (TPSA) is 9.23 Å². The highest BCUT2D eigenvalue weighted by atomic mass is 31.0. The van der Waals surface area contributed by atoms with Gasteiger partial charge in [0.15, 0.2) is 0 Å². The number of rotatable bonds is 4. The Morgan fingerprint density at radius 2 is 1.40 bits per heavy atom. The van der Waals surface area contributed by atoms with E-state index in [1.165, 1.54) is 57.8 Å². The highest BCUT2D eigenvalue weighted by Crippen LogP contribution is 2.49. The third-order valence-electron chi connectivity index (χ3n) is 4.86. The fourth-order valence-electron chi connectivity index (χ4n) is 4.02. The van der Waals surface area contributed by atoms with Gasteiger partial charge in [0.2, 0.25) is 0 Å². The molecule has 0 aromatic heterocycles. The van der Waals surface area contributed by atoms with E-state index in [9.17, 15) is 0 Å². The van der Waals surface area contributed by atoms with Crippen molar-refractivity contribution in [1.29, 1.82) is 0 Å². The van der Waals surface area contributed by atoms with Crippen molar-refractivity contribution in [2.24, 2.45) is 11.8 Å². The molecule has 0 spiro atoms. The maximum Gasteiger partial charge on any atom is 0.0771 e. The van der Waals surface area contributed by atoms with Crippen molar-refractivity contribution in [3.05, 3.63) is 0 Å². The van der Waals surface area contributed by atoms with Crippen molar-refractivity contribution < 1.29 is 4.52 Å². The Kier molecular flexibility index (Phi) is 4.07. The zero-order valence-electron chi connectivity index (χ0n) is 10.0. The molecule has 0 saturated heterocycles. The van der Waals surface area contributed by atoms with E-state index < -0.39 is 0 Å². The Hall–Kier alpha value is 0.390. The molecule has 0 aromatic carbocycles. The first-order valence-corrected chi connectivity index (χ1v) is 7.18. The van der Waals surface area contributed by atoms with Gasteiger partial charge < -0.3 is 4.52 Å². The van der Waals surface area contributed by atoms with Crippen LogP contribution in [-0.2, 0) is 4.52 Å². The summed E-state index contributed by atoms with van der Waals surface area (Å²) < 4.78 is 5.97.